The molecule has 1 aliphatic carbocycles. The molecule has 3 aliphatic rings. The maximum Gasteiger partial charge on any atom is 0.227 e. The molecular formula is C14H24N2O3. The Morgan fingerprint density at radius 1 is 1.05 bits per heavy atom. The molecule has 5 heteroatoms. The Morgan fingerprint density at radius 2 is 1.89 bits per heavy atom. The molecule has 0 aromatic carbocycles. The molecule has 2 aliphatic heterocycles. The van der Waals surface area contributed by atoms with Crippen LogP contribution in [0.5, 0.6) is 0 Å². The number of hydrogen-bond donors (Lipinski definition) is 1. The van der Waals surface area contributed by atoms with E-state index >= 15 is 0 Å². The second-order valence-electron chi connectivity index (χ2n) is 5.95. The molecule has 2 saturated heterocycles. The second kappa shape index (κ2) is 5.77. The van der Waals surface area contributed by atoms with Crippen LogP contribution in [0.3, 0.4) is 0 Å². The summed E-state index contributed by atoms with van der Waals surface area (Å²) in [7, 11) is 0. The van der Waals surface area contributed by atoms with Crippen LogP contribution in [0.2, 0.25) is 0 Å². The summed E-state index contributed by atoms with van der Waals surface area (Å²) in [5.41, 5.74) is 6.04. The van der Waals surface area contributed by atoms with Gasteiger partial charge in [-0.15, -0.1) is 0 Å². The molecule has 5 nitrogen and oxygen atoms in total. The van der Waals surface area contributed by atoms with Gasteiger partial charge in [0.2, 0.25) is 5.91 Å². The lowest BCUT2D eigenvalue weighted by molar-refractivity contribution is -0.149. The maximum absolute atomic E-state index is 12.5. The van der Waals surface area contributed by atoms with Gasteiger partial charge in [-0.2, -0.15) is 0 Å². The monoisotopic (exact) mass is 268 g/mol. The van der Waals surface area contributed by atoms with Gasteiger partial charge >= 0.3 is 0 Å². The van der Waals surface area contributed by atoms with Crippen molar-refractivity contribution >= 4 is 5.91 Å². The molecule has 3 fully saturated rings. The van der Waals surface area contributed by atoms with E-state index in [-0.39, 0.29) is 30.1 Å². The van der Waals surface area contributed by atoms with Crippen molar-refractivity contribution in [3.63, 3.8) is 0 Å². The van der Waals surface area contributed by atoms with Gasteiger partial charge in [0.1, 0.15) is 6.10 Å². The first-order valence-electron chi connectivity index (χ1n) is 7.53. The third kappa shape index (κ3) is 2.78. The van der Waals surface area contributed by atoms with Crippen molar-refractivity contribution in [2.24, 2.45) is 11.7 Å². The molecule has 0 unspecified atom stereocenters. The first-order chi connectivity index (χ1) is 9.25. The number of ether oxygens (including phenoxy) is 2. The van der Waals surface area contributed by atoms with Crippen LogP contribution in [-0.4, -0.2) is 55.4 Å². The van der Waals surface area contributed by atoms with Crippen LogP contribution in [0.1, 0.15) is 32.1 Å². The molecule has 0 aromatic rings. The number of carbonyl (C=O) groups is 1. The van der Waals surface area contributed by atoms with Crippen LogP contribution in [0, 0.1) is 5.92 Å². The van der Waals surface area contributed by atoms with E-state index in [1.54, 1.807) is 0 Å². The van der Waals surface area contributed by atoms with Gasteiger partial charge in [0.25, 0.3) is 0 Å². The standard InChI is InChI=1S/C14H24N2O3/c15-11-4-1-3-10(11)14(17)16-6-8-19-13(9-16)12-5-2-7-18-12/h10-13H,1-9,15H2/t10-,11+,12-,13+/m0/s1. The number of nitrogens with zero attached hydrogens (tertiary/aromatic N) is 1. The smallest absolute Gasteiger partial charge is 0.227 e. The summed E-state index contributed by atoms with van der Waals surface area (Å²) in [6.07, 6.45) is 5.39. The minimum Gasteiger partial charge on any atom is -0.375 e. The topological polar surface area (TPSA) is 64.8 Å². The fourth-order valence-electron chi connectivity index (χ4n) is 3.53. The molecule has 19 heavy (non-hydrogen) atoms. The zero-order valence-corrected chi connectivity index (χ0v) is 11.4. The lowest BCUT2D eigenvalue weighted by atomic mass is 10.0. The summed E-state index contributed by atoms with van der Waals surface area (Å²) in [6, 6.07) is 0.0523. The number of morpholine rings is 1. The van der Waals surface area contributed by atoms with Crippen molar-refractivity contribution in [3.05, 3.63) is 0 Å². The summed E-state index contributed by atoms with van der Waals surface area (Å²) in [6.45, 7) is 2.82. The Bertz CT molecular complexity index is 331. The summed E-state index contributed by atoms with van der Waals surface area (Å²) in [5, 5.41) is 0. The summed E-state index contributed by atoms with van der Waals surface area (Å²) in [4.78, 5) is 14.5. The van der Waals surface area contributed by atoms with Crippen molar-refractivity contribution in [1.29, 1.82) is 0 Å². The molecule has 0 bridgehead atoms. The molecule has 2 N–H and O–H groups in total. The SMILES string of the molecule is N[C@@H]1CCC[C@@H]1C(=O)N1CCO[C@@H]([C@@H]2CCCO2)C1. The lowest BCUT2D eigenvalue weighted by Gasteiger charge is -2.37. The number of hydrogen-bond acceptors (Lipinski definition) is 4. The Kier molecular flexibility index (Phi) is 4.05. The van der Waals surface area contributed by atoms with Gasteiger partial charge in [0.05, 0.1) is 18.6 Å². The third-order valence-electron chi connectivity index (χ3n) is 4.67. The van der Waals surface area contributed by atoms with E-state index in [0.29, 0.717) is 19.7 Å². The molecule has 0 spiro atoms. The number of nitrogens with two attached hydrogens (primary N) is 1. The molecule has 1 amide bonds. The van der Waals surface area contributed by atoms with Crippen LogP contribution in [0.15, 0.2) is 0 Å². The van der Waals surface area contributed by atoms with Gasteiger partial charge in [-0.25, -0.2) is 0 Å². The summed E-state index contributed by atoms with van der Waals surface area (Å²) in [5.74, 6) is 0.263. The zero-order chi connectivity index (χ0) is 13.2. The fourth-order valence-corrected chi connectivity index (χ4v) is 3.53. The van der Waals surface area contributed by atoms with E-state index in [0.717, 1.165) is 38.7 Å². The van der Waals surface area contributed by atoms with Crippen molar-refractivity contribution in [3.8, 4) is 0 Å². The van der Waals surface area contributed by atoms with Gasteiger partial charge in [0.15, 0.2) is 0 Å². The Labute approximate surface area is 114 Å². The van der Waals surface area contributed by atoms with Crippen LogP contribution in [0.4, 0.5) is 0 Å². The van der Waals surface area contributed by atoms with Gasteiger partial charge in [-0.1, -0.05) is 6.42 Å². The van der Waals surface area contributed by atoms with Crippen LogP contribution >= 0.6 is 0 Å². The van der Waals surface area contributed by atoms with Gasteiger partial charge in [-0.05, 0) is 25.7 Å². The minimum atomic E-state index is 0.0308. The lowest BCUT2D eigenvalue weighted by Crippen LogP contribution is -2.52. The molecular weight excluding hydrogens is 244 g/mol. The highest BCUT2D eigenvalue weighted by atomic mass is 16.5. The van der Waals surface area contributed by atoms with Crippen molar-refractivity contribution in [2.75, 3.05) is 26.3 Å². The fraction of sp³-hybridized carbons (Fsp3) is 0.929. The number of carbonyl (C=O) groups excluding carboxylic acids is 1. The third-order valence-corrected chi connectivity index (χ3v) is 4.67. The predicted octanol–water partition coefficient (Wildman–Crippen LogP) is 0.520. The highest BCUT2D eigenvalue weighted by Crippen LogP contribution is 2.28. The van der Waals surface area contributed by atoms with E-state index in [9.17, 15) is 4.79 Å². The minimum absolute atomic E-state index is 0.0308. The molecule has 0 aromatic heterocycles. The van der Waals surface area contributed by atoms with Gasteiger partial charge in [-0.3, -0.25) is 4.79 Å². The van der Waals surface area contributed by atoms with Gasteiger partial charge in [0, 0.05) is 25.7 Å². The van der Waals surface area contributed by atoms with Gasteiger partial charge < -0.3 is 20.1 Å². The van der Waals surface area contributed by atoms with Crippen LogP contribution in [0.25, 0.3) is 0 Å². The quantitative estimate of drug-likeness (QED) is 0.793. The molecule has 108 valence electrons. The van der Waals surface area contributed by atoms with E-state index in [1.807, 2.05) is 4.90 Å². The van der Waals surface area contributed by atoms with Crippen LogP contribution < -0.4 is 5.73 Å². The first-order valence-corrected chi connectivity index (χ1v) is 7.53. The van der Waals surface area contributed by atoms with Crippen molar-refractivity contribution < 1.29 is 14.3 Å². The normalized spacial score (nSPS) is 39.7. The molecule has 1 saturated carbocycles. The van der Waals surface area contributed by atoms with E-state index in [2.05, 4.69) is 0 Å². The van der Waals surface area contributed by atoms with E-state index in [1.165, 1.54) is 0 Å². The second-order valence-corrected chi connectivity index (χ2v) is 5.95. The maximum atomic E-state index is 12.5. The first kappa shape index (κ1) is 13.3. The van der Waals surface area contributed by atoms with Crippen LogP contribution in [-0.2, 0) is 14.3 Å². The highest BCUT2D eigenvalue weighted by molar-refractivity contribution is 5.80. The highest BCUT2D eigenvalue weighted by Gasteiger charge is 2.37. The molecule has 4 atom stereocenters. The predicted molar refractivity (Wildman–Crippen MR) is 70.6 cm³/mol. The van der Waals surface area contributed by atoms with E-state index < -0.39 is 0 Å². The van der Waals surface area contributed by atoms with Crippen molar-refractivity contribution in [2.45, 2.75) is 50.4 Å². The molecule has 0 radical (unpaired) electrons. The van der Waals surface area contributed by atoms with Crippen molar-refractivity contribution in [1.82, 2.24) is 4.90 Å². The molecule has 2 heterocycles. The summed E-state index contributed by atoms with van der Waals surface area (Å²) >= 11 is 0. The Balaban J connectivity index is 1.59. The largest absolute Gasteiger partial charge is 0.375 e. The number of amides is 1. The Morgan fingerprint density at radius 3 is 2.58 bits per heavy atom. The average molecular weight is 268 g/mol. The zero-order valence-electron chi connectivity index (χ0n) is 11.4. The average Bonchev–Trinajstić information content (AvgIpc) is 3.09. The summed E-state index contributed by atoms with van der Waals surface area (Å²) < 4.78 is 11.5. The number of rotatable bonds is 2. The van der Waals surface area contributed by atoms with E-state index in [4.69, 9.17) is 15.2 Å². The Hall–Kier alpha value is -0.650. The molecule has 3 rings (SSSR count).